The van der Waals surface area contributed by atoms with E-state index in [-0.39, 0.29) is 30.0 Å². The number of carbonyl (C=O) groups is 1. The van der Waals surface area contributed by atoms with Gasteiger partial charge in [0.15, 0.2) is 0 Å². The zero-order chi connectivity index (χ0) is 27.7. The molecule has 3 heterocycles. The Morgan fingerprint density at radius 3 is 2.82 bits per heavy atom. The molecule has 0 saturated carbocycles. The zero-order valence-corrected chi connectivity index (χ0v) is 22.7. The van der Waals surface area contributed by atoms with E-state index < -0.39 is 5.82 Å². The maximum absolute atomic E-state index is 15.2. The Morgan fingerprint density at radius 1 is 1.26 bits per heavy atom. The number of nitrogens with one attached hydrogen (secondary N) is 3. The van der Waals surface area contributed by atoms with Crippen LogP contribution in [-0.2, 0) is 16.8 Å². The topological polar surface area (TPSA) is 92.6 Å². The van der Waals surface area contributed by atoms with Gasteiger partial charge in [0.25, 0.3) is 0 Å². The molecule has 0 fully saturated rings. The molecule has 2 atom stereocenters. The van der Waals surface area contributed by atoms with Crippen molar-refractivity contribution in [2.75, 3.05) is 5.32 Å². The van der Waals surface area contributed by atoms with Gasteiger partial charge in [-0.1, -0.05) is 12.2 Å². The van der Waals surface area contributed by atoms with Gasteiger partial charge < -0.3 is 20.7 Å². The third-order valence-corrected chi connectivity index (χ3v) is 6.77. The van der Waals surface area contributed by atoms with Crippen LogP contribution in [0.4, 0.5) is 10.1 Å². The number of fused-ring (bicyclic) bond motifs is 1. The Morgan fingerprint density at radius 2 is 2.08 bits per heavy atom. The van der Waals surface area contributed by atoms with Gasteiger partial charge in [0, 0.05) is 30.2 Å². The van der Waals surface area contributed by atoms with Crippen LogP contribution >= 0.6 is 0 Å². The number of nitrogens with zero attached hydrogens (tertiary/aromatic N) is 3. The first-order valence-electron chi connectivity index (χ1n) is 12.9. The number of aryl methyl sites for hydroxylation is 1. The quantitative estimate of drug-likeness (QED) is 0.502. The van der Waals surface area contributed by atoms with E-state index >= 15 is 4.39 Å². The van der Waals surface area contributed by atoms with Crippen molar-refractivity contribution in [3.05, 3.63) is 101 Å². The highest BCUT2D eigenvalue weighted by Gasteiger charge is 2.24. The second kappa shape index (κ2) is 10.4. The number of anilines is 1. The predicted octanol–water partition coefficient (Wildman–Crippen LogP) is 4.79. The van der Waals surface area contributed by atoms with Crippen LogP contribution in [0.1, 0.15) is 38.8 Å². The van der Waals surface area contributed by atoms with E-state index in [9.17, 15) is 4.79 Å². The molecule has 0 saturated heterocycles. The molecule has 1 amide bonds. The van der Waals surface area contributed by atoms with Crippen LogP contribution in [0.25, 0.3) is 0 Å². The number of hydrogen-bond donors (Lipinski definition) is 3. The van der Waals surface area contributed by atoms with E-state index in [0.717, 1.165) is 22.3 Å². The maximum Gasteiger partial charge on any atom is 0.228 e. The second-order valence-electron chi connectivity index (χ2n) is 10.9. The van der Waals surface area contributed by atoms with Gasteiger partial charge >= 0.3 is 0 Å². The Labute approximate surface area is 227 Å². The molecule has 0 spiro atoms. The summed E-state index contributed by atoms with van der Waals surface area (Å²) in [6.45, 7) is 9.95. The lowest BCUT2D eigenvalue weighted by atomic mass is 9.89. The second-order valence-corrected chi connectivity index (χ2v) is 10.9. The minimum atomic E-state index is -0.499. The predicted molar refractivity (Wildman–Crippen MR) is 151 cm³/mol. The smallest absolute Gasteiger partial charge is 0.228 e. The molecular formula is C30H33FN6O2. The van der Waals surface area contributed by atoms with Crippen molar-refractivity contribution >= 4 is 17.9 Å². The van der Waals surface area contributed by atoms with Gasteiger partial charge in [-0.25, -0.2) is 4.39 Å². The van der Waals surface area contributed by atoms with Crippen LogP contribution in [0.5, 0.6) is 5.75 Å². The summed E-state index contributed by atoms with van der Waals surface area (Å²) in [4.78, 5) is 17.1. The van der Waals surface area contributed by atoms with Crippen molar-refractivity contribution in [3.8, 4) is 5.75 Å². The van der Waals surface area contributed by atoms with E-state index in [1.165, 1.54) is 6.07 Å². The van der Waals surface area contributed by atoms with Crippen molar-refractivity contribution in [2.45, 2.75) is 58.7 Å². The number of ether oxygens (including phenoxy) is 1. The summed E-state index contributed by atoms with van der Waals surface area (Å²) in [6.07, 6.45) is 16.8. The molecule has 0 radical (unpaired) electrons. The van der Waals surface area contributed by atoms with Gasteiger partial charge in [0.05, 0.1) is 42.3 Å². The fraction of sp³-hybridized carbons (Fsp3) is 0.300. The minimum absolute atomic E-state index is 0.0338. The lowest BCUT2D eigenvalue weighted by Gasteiger charge is -2.27. The molecule has 202 valence electrons. The average molecular weight is 529 g/mol. The molecule has 0 bridgehead atoms. The number of hydrogen-bond acceptors (Lipinski definition) is 6. The monoisotopic (exact) mass is 528 g/mol. The van der Waals surface area contributed by atoms with E-state index in [1.54, 1.807) is 29.5 Å². The summed E-state index contributed by atoms with van der Waals surface area (Å²) in [7, 11) is 0. The Balaban J connectivity index is 1.33. The van der Waals surface area contributed by atoms with Crippen LogP contribution < -0.4 is 20.7 Å². The molecule has 3 N–H and O–H groups in total. The molecule has 1 aromatic carbocycles. The highest BCUT2D eigenvalue weighted by Crippen LogP contribution is 2.32. The zero-order valence-electron chi connectivity index (χ0n) is 22.7. The van der Waals surface area contributed by atoms with E-state index in [2.05, 4.69) is 44.3 Å². The summed E-state index contributed by atoms with van der Waals surface area (Å²) >= 11 is 0. The number of aromatic nitrogens is 2. The van der Waals surface area contributed by atoms with E-state index in [4.69, 9.17) is 4.74 Å². The average Bonchev–Trinajstić information content (AvgIpc) is 3.36. The lowest BCUT2D eigenvalue weighted by Crippen LogP contribution is -2.30. The fourth-order valence-corrected chi connectivity index (χ4v) is 4.60. The number of rotatable bonds is 6. The maximum atomic E-state index is 15.2. The Bertz CT molecular complexity index is 1490. The van der Waals surface area contributed by atoms with Crippen LogP contribution in [0.15, 0.2) is 88.7 Å². The van der Waals surface area contributed by atoms with Crippen LogP contribution in [0.2, 0.25) is 0 Å². The lowest BCUT2D eigenvalue weighted by molar-refractivity contribution is -0.115. The number of carbonyl (C=O) groups excluding carboxylic acids is 1. The largest absolute Gasteiger partial charge is 0.457 e. The van der Waals surface area contributed by atoms with Crippen LogP contribution in [0, 0.1) is 12.7 Å². The third-order valence-electron chi connectivity index (χ3n) is 6.77. The van der Waals surface area contributed by atoms with Gasteiger partial charge in [-0.3, -0.25) is 14.5 Å². The summed E-state index contributed by atoms with van der Waals surface area (Å²) in [5.74, 6) is 0.212. The van der Waals surface area contributed by atoms with Gasteiger partial charge in [-0.2, -0.15) is 5.10 Å². The van der Waals surface area contributed by atoms with Crippen molar-refractivity contribution in [1.29, 1.82) is 0 Å². The van der Waals surface area contributed by atoms with Crippen molar-refractivity contribution in [3.63, 3.8) is 0 Å². The molecule has 8 nitrogen and oxygen atoms in total. The number of allylic oxidation sites excluding steroid dienone is 2. The van der Waals surface area contributed by atoms with Crippen LogP contribution in [0.3, 0.4) is 0 Å². The summed E-state index contributed by atoms with van der Waals surface area (Å²) in [5.41, 5.74) is 4.45. The molecule has 5 rings (SSSR count). The Kier molecular flexibility index (Phi) is 6.99. The first kappa shape index (κ1) is 26.2. The number of dihydropyridines is 1. The molecule has 2 aromatic rings. The molecular weight excluding hydrogens is 495 g/mol. The molecule has 39 heavy (non-hydrogen) atoms. The van der Waals surface area contributed by atoms with Crippen molar-refractivity contribution < 1.29 is 13.9 Å². The molecule has 3 aliphatic rings. The molecule has 2 aliphatic heterocycles. The first-order valence-corrected chi connectivity index (χ1v) is 12.9. The van der Waals surface area contributed by atoms with Gasteiger partial charge in [-0.05, 0) is 75.1 Å². The van der Waals surface area contributed by atoms with E-state index in [1.807, 2.05) is 53.1 Å². The molecule has 1 aliphatic carbocycles. The highest BCUT2D eigenvalue weighted by atomic mass is 19.1. The number of amides is 1. The van der Waals surface area contributed by atoms with Crippen molar-refractivity contribution in [2.24, 2.45) is 4.99 Å². The minimum Gasteiger partial charge on any atom is -0.457 e. The summed E-state index contributed by atoms with van der Waals surface area (Å²) in [6, 6.07) is 2.99. The molecule has 1 aromatic heterocycles. The SMILES string of the molecule is Cc1cc(CC(=O)Nc2cnn(C(C)(C)C)c2)c(F)cc1OC1=C2C=C(C3=CNC=NC3C)C=CC2NC=C1. The van der Waals surface area contributed by atoms with E-state index in [0.29, 0.717) is 22.8 Å². The molecule has 2 unspecified atom stereocenters. The third kappa shape index (κ3) is 5.72. The normalized spacial score (nSPS) is 20.1. The van der Waals surface area contributed by atoms with Gasteiger partial charge in [-0.15, -0.1) is 0 Å². The summed E-state index contributed by atoms with van der Waals surface area (Å²) in [5, 5.41) is 13.5. The number of halogens is 1. The van der Waals surface area contributed by atoms with Crippen molar-refractivity contribution in [1.82, 2.24) is 20.4 Å². The Hall–Kier alpha value is -4.40. The number of aliphatic imine (C=N–C) groups is 1. The highest BCUT2D eigenvalue weighted by molar-refractivity contribution is 5.92. The molecule has 9 heteroatoms. The standard InChI is InChI=1S/C30H33FN6O2/c1-18-10-21(12-29(38)36-22-14-35-37(16-22)30(3,4)5)25(31)13-28(18)39-27-8-9-33-26-7-6-20(11-23(26)27)24-15-32-17-34-19(24)2/h6-11,13-17,19,26,33H,12H2,1-5H3,(H,32,34)(H,36,38). The van der Waals surface area contributed by atoms with Gasteiger partial charge in [0.2, 0.25) is 5.91 Å². The van der Waals surface area contributed by atoms with Gasteiger partial charge in [0.1, 0.15) is 17.3 Å². The van der Waals surface area contributed by atoms with Crippen LogP contribution in [-0.4, -0.2) is 34.1 Å². The first-order chi connectivity index (χ1) is 18.6. The summed E-state index contributed by atoms with van der Waals surface area (Å²) < 4.78 is 23.2. The fourth-order valence-electron chi connectivity index (χ4n) is 4.60. The number of benzene rings is 1.